The second-order valence-corrected chi connectivity index (χ2v) is 3.25. The molecule has 1 aliphatic rings. The average Bonchev–Trinajstić information content (AvgIpc) is 2.06. The molecular formula is C9H19NO2. The molecule has 0 radical (unpaired) electrons. The van der Waals surface area contributed by atoms with E-state index in [1.54, 1.807) is 14.2 Å². The molecule has 72 valence electrons. The Hall–Kier alpha value is -0.120. The maximum absolute atomic E-state index is 5.33. The monoisotopic (exact) mass is 173 g/mol. The molecule has 0 aliphatic carbocycles. The SMILES string of the molecule is COC1(OC)CCCCCCN1. The fraction of sp³-hybridized carbons (Fsp3) is 1.00. The lowest BCUT2D eigenvalue weighted by Crippen LogP contribution is -2.49. The molecule has 0 bridgehead atoms. The van der Waals surface area contributed by atoms with Crippen molar-refractivity contribution in [2.75, 3.05) is 20.8 Å². The van der Waals surface area contributed by atoms with E-state index in [2.05, 4.69) is 5.32 Å². The first kappa shape index (κ1) is 9.96. The normalized spacial score (nSPS) is 24.5. The molecule has 0 amide bonds. The van der Waals surface area contributed by atoms with Gasteiger partial charge in [0.1, 0.15) is 0 Å². The Bertz CT molecular complexity index is 114. The Morgan fingerprint density at radius 2 is 1.67 bits per heavy atom. The van der Waals surface area contributed by atoms with Gasteiger partial charge in [-0.2, -0.15) is 0 Å². The van der Waals surface area contributed by atoms with Crippen LogP contribution in [0.5, 0.6) is 0 Å². The minimum absolute atomic E-state index is 0.513. The first-order chi connectivity index (χ1) is 5.83. The van der Waals surface area contributed by atoms with Crippen molar-refractivity contribution in [3.63, 3.8) is 0 Å². The van der Waals surface area contributed by atoms with Crippen LogP contribution >= 0.6 is 0 Å². The standard InChI is InChI=1S/C9H19NO2/c1-11-9(12-2)7-5-3-4-6-8-10-9/h10H,3-8H2,1-2H3. The van der Waals surface area contributed by atoms with Crippen molar-refractivity contribution in [3.8, 4) is 0 Å². The zero-order valence-electron chi connectivity index (χ0n) is 8.06. The topological polar surface area (TPSA) is 30.5 Å². The van der Waals surface area contributed by atoms with Crippen molar-refractivity contribution in [3.05, 3.63) is 0 Å². The van der Waals surface area contributed by atoms with Crippen LogP contribution in [0.25, 0.3) is 0 Å². The first-order valence-electron chi connectivity index (χ1n) is 4.68. The van der Waals surface area contributed by atoms with Crippen LogP contribution in [0.3, 0.4) is 0 Å². The number of hydrogen-bond donors (Lipinski definition) is 1. The maximum atomic E-state index is 5.33. The smallest absolute Gasteiger partial charge is 0.226 e. The highest BCUT2D eigenvalue weighted by atomic mass is 16.7. The molecule has 0 unspecified atom stereocenters. The molecule has 1 saturated heterocycles. The molecule has 12 heavy (non-hydrogen) atoms. The van der Waals surface area contributed by atoms with Crippen molar-refractivity contribution in [1.82, 2.24) is 5.32 Å². The zero-order valence-corrected chi connectivity index (χ0v) is 8.06. The van der Waals surface area contributed by atoms with Gasteiger partial charge in [0.05, 0.1) is 0 Å². The molecule has 1 fully saturated rings. The van der Waals surface area contributed by atoms with Crippen LogP contribution in [0, 0.1) is 0 Å². The Kier molecular flexibility index (Phi) is 3.98. The van der Waals surface area contributed by atoms with Gasteiger partial charge in [-0.1, -0.05) is 12.8 Å². The van der Waals surface area contributed by atoms with E-state index >= 15 is 0 Å². The molecule has 0 aromatic carbocycles. The first-order valence-corrected chi connectivity index (χ1v) is 4.68. The Labute approximate surface area is 74.4 Å². The lowest BCUT2D eigenvalue weighted by Gasteiger charge is -2.33. The summed E-state index contributed by atoms with van der Waals surface area (Å²) in [7, 11) is 3.39. The molecule has 1 aliphatic heterocycles. The van der Waals surface area contributed by atoms with Crippen molar-refractivity contribution in [1.29, 1.82) is 0 Å². The van der Waals surface area contributed by atoms with Gasteiger partial charge >= 0.3 is 0 Å². The third kappa shape index (κ3) is 2.44. The van der Waals surface area contributed by atoms with Crippen LogP contribution in [0.2, 0.25) is 0 Å². The van der Waals surface area contributed by atoms with E-state index in [9.17, 15) is 0 Å². The van der Waals surface area contributed by atoms with Crippen LogP contribution in [0.1, 0.15) is 32.1 Å². The van der Waals surface area contributed by atoms with Gasteiger partial charge in [0.2, 0.25) is 5.91 Å². The second kappa shape index (κ2) is 4.80. The van der Waals surface area contributed by atoms with E-state index < -0.39 is 5.91 Å². The van der Waals surface area contributed by atoms with Crippen molar-refractivity contribution in [2.45, 2.75) is 38.0 Å². The van der Waals surface area contributed by atoms with E-state index in [1.165, 1.54) is 25.7 Å². The molecule has 1 heterocycles. The molecule has 0 saturated carbocycles. The zero-order chi connectivity index (χ0) is 8.86. The molecular weight excluding hydrogens is 154 g/mol. The highest BCUT2D eigenvalue weighted by Crippen LogP contribution is 2.19. The summed E-state index contributed by atoms with van der Waals surface area (Å²) >= 11 is 0. The Balaban J connectivity index is 2.45. The molecule has 3 heteroatoms. The van der Waals surface area contributed by atoms with Gasteiger partial charge in [-0.05, 0) is 12.8 Å². The summed E-state index contributed by atoms with van der Waals surface area (Å²) in [5.41, 5.74) is 0. The lowest BCUT2D eigenvalue weighted by molar-refractivity contribution is -0.233. The second-order valence-electron chi connectivity index (χ2n) is 3.25. The van der Waals surface area contributed by atoms with E-state index in [0.717, 1.165) is 13.0 Å². The van der Waals surface area contributed by atoms with Gasteiger partial charge < -0.3 is 9.47 Å². The fourth-order valence-corrected chi connectivity index (χ4v) is 1.64. The van der Waals surface area contributed by atoms with E-state index in [1.807, 2.05) is 0 Å². The van der Waals surface area contributed by atoms with Gasteiger partial charge in [0.25, 0.3) is 0 Å². The van der Waals surface area contributed by atoms with Gasteiger partial charge in [-0.15, -0.1) is 0 Å². The summed E-state index contributed by atoms with van der Waals surface area (Å²) < 4.78 is 10.7. The molecule has 3 nitrogen and oxygen atoms in total. The predicted molar refractivity (Wildman–Crippen MR) is 47.8 cm³/mol. The quantitative estimate of drug-likeness (QED) is 0.642. The number of rotatable bonds is 2. The van der Waals surface area contributed by atoms with Crippen LogP contribution in [0.15, 0.2) is 0 Å². The van der Waals surface area contributed by atoms with Gasteiger partial charge in [0, 0.05) is 27.2 Å². The van der Waals surface area contributed by atoms with Crippen molar-refractivity contribution < 1.29 is 9.47 Å². The lowest BCUT2D eigenvalue weighted by atomic mass is 10.1. The third-order valence-electron chi connectivity index (χ3n) is 2.49. The highest BCUT2D eigenvalue weighted by molar-refractivity contribution is 4.69. The summed E-state index contributed by atoms with van der Waals surface area (Å²) in [6.07, 6.45) is 5.94. The fourth-order valence-electron chi connectivity index (χ4n) is 1.64. The predicted octanol–water partition coefficient (Wildman–Crippen LogP) is 1.49. The van der Waals surface area contributed by atoms with E-state index in [-0.39, 0.29) is 0 Å². The van der Waals surface area contributed by atoms with Crippen molar-refractivity contribution in [2.24, 2.45) is 0 Å². The summed E-state index contributed by atoms with van der Waals surface area (Å²) in [6, 6.07) is 0. The average molecular weight is 173 g/mol. The summed E-state index contributed by atoms with van der Waals surface area (Å²) in [5.74, 6) is -0.513. The number of nitrogens with one attached hydrogen (secondary N) is 1. The Morgan fingerprint density at radius 3 is 2.33 bits per heavy atom. The largest absolute Gasteiger partial charge is 0.341 e. The molecule has 0 atom stereocenters. The summed E-state index contributed by atoms with van der Waals surface area (Å²) in [5, 5.41) is 3.29. The van der Waals surface area contributed by atoms with Gasteiger partial charge in [0.15, 0.2) is 0 Å². The minimum Gasteiger partial charge on any atom is -0.341 e. The molecule has 0 aromatic heterocycles. The van der Waals surface area contributed by atoms with Crippen LogP contribution in [-0.4, -0.2) is 26.7 Å². The number of ether oxygens (including phenoxy) is 2. The van der Waals surface area contributed by atoms with E-state index in [0.29, 0.717) is 0 Å². The maximum Gasteiger partial charge on any atom is 0.226 e. The third-order valence-corrected chi connectivity index (χ3v) is 2.49. The van der Waals surface area contributed by atoms with Crippen molar-refractivity contribution >= 4 is 0 Å². The summed E-state index contributed by atoms with van der Waals surface area (Å²) in [6.45, 7) is 0.988. The van der Waals surface area contributed by atoms with Gasteiger partial charge in [-0.25, -0.2) is 0 Å². The van der Waals surface area contributed by atoms with E-state index in [4.69, 9.17) is 9.47 Å². The summed E-state index contributed by atoms with van der Waals surface area (Å²) in [4.78, 5) is 0. The number of methoxy groups -OCH3 is 2. The Morgan fingerprint density at radius 1 is 1.00 bits per heavy atom. The van der Waals surface area contributed by atoms with Crippen LogP contribution in [-0.2, 0) is 9.47 Å². The van der Waals surface area contributed by atoms with Crippen LogP contribution in [0.4, 0.5) is 0 Å². The van der Waals surface area contributed by atoms with Crippen LogP contribution < -0.4 is 5.32 Å². The molecule has 0 aromatic rings. The molecule has 1 N–H and O–H groups in total. The highest BCUT2D eigenvalue weighted by Gasteiger charge is 2.28. The minimum atomic E-state index is -0.513. The number of hydrogen-bond acceptors (Lipinski definition) is 3. The molecule has 0 spiro atoms. The molecule has 1 rings (SSSR count). The van der Waals surface area contributed by atoms with Gasteiger partial charge in [-0.3, -0.25) is 5.32 Å².